The van der Waals surface area contributed by atoms with E-state index in [4.69, 9.17) is 51.5 Å². The minimum atomic E-state index is -1.06. The van der Waals surface area contributed by atoms with E-state index in [0.717, 1.165) is 0 Å². The number of carbonyl (C=O) groups is 1. The largest absolute Gasteiger partial charge is 0.478 e. The first kappa shape index (κ1) is 14.5. The normalized spacial score (nSPS) is 10.5. The maximum Gasteiger partial charge on any atom is 0.335 e. The molecule has 0 radical (unpaired) electrons. The molecule has 0 fully saturated rings. The number of hydrogen-bond acceptors (Lipinski definition) is 1. The van der Waals surface area contributed by atoms with Crippen molar-refractivity contribution in [3.8, 4) is 11.1 Å². The van der Waals surface area contributed by atoms with Crippen molar-refractivity contribution in [3.05, 3.63) is 56.0 Å². The molecule has 0 bridgehead atoms. The maximum atomic E-state index is 11.0. The van der Waals surface area contributed by atoms with Gasteiger partial charge < -0.3 is 5.11 Å². The summed E-state index contributed by atoms with van der Waals surface area (Å²) in [6.45, 7) is 0. The van der Waals surface area contributed by atoms with Crippen LogP contribution in [0.2, 0.25) is 20.1 Å². The molecule has 0 saturated carbocycles. The molecule has 0 aromatic heterocycles. The van der Waals surface area contributed by atoms with Gasteiger partial charge >= 0.3 is 5.97 Å². The molecule has 2 aromatic rings. The highest BCUT2D eigenvalue weighted by Crippen LogP contribution is 2.42. The second-order valence-electron chi connectivity index (χ2n) is 3.72. The van der Waals surface area contributed by atoms with E-state index in [0.29, 0.717) is 26.2 Å². The number of benzene rings is 2. The van der Waals surface area contributed by atoms with E-state index >= 15 is 0 Å². The summed E-state index contributed by atoms with van der Waals surface area (Å²) >= 11 is 24.2. The first-order chi connectivity index (χ1) is 8.91. The van der Waals surface area contributed by atoms with Gasteiger partial charge in [-0.2, -0.15) is 0 Å². The number of aromatic carboxylic acids is 1. The topological polar surface area (TPSA) is 37.3 Å². The molecule has 0 atom stereocenters. The van der Waals surface area contributed by atoms with E-state index in [1.54, 1.807) is 12.1 Å². The van der Waals surface area contributed by atoms with Gasteiger partial charge in [0.15, 0.2) is 0 Å². The molecule has 2 nitrogen and oxygen atoms in total. The SMILES string of the molecule is O=C(O)c1ccc(Cl)c(-c2c(Cl)ccc(Cl)c2Cl)c1. The molecule has 0 amide bonds. The number of hydrogen-bond donors (Lipinski definition) is 1. The molecule has 0 heterocycles. The van der Waals surface area contributed by atoms with Crippen molar-refractivity contribution in [2.75, 3.05) is 0 Å². The van der Waals surface area contributed by atoms with Gasteiger partial charge in [0.25, 0.3) is 0 Å². The van der Waals surface area contributed by atoms with Gasteiger partial charge in [-0.25, -0.2) is 4.79 Å². The highest BCUT2D eigenvalue weighted by Gasteiger charge is 2.16. The van der Waals surface area contributed by atoms with Crippen molar-refractivity contribution in [2.45, 2.75) is 0 Å². The number of halogens is 4. The summed E-state index contributed by atoms with van der Waals surface area (Å²) in [6.07, 6.45) is 0. The van der Waals surface area contributed by atoms with E-state index in [1.165, 1.54) is 18.2 Å². The predicted octanol–water partition coefficient (Wildman–Crippen LogP) is 5.67. The Morgan fingerprint density at radius 3 is 2.11 bits per heavy atom. The molecule has 6 heteroatoms. The van der Waals surface area contributed by atoms with Crippen molar-refractivity contribution >= 4 is 52.4 Å². The van der Waals surface area contributed by atoms with Crippen LogP contribution in [0.5, 0.6) is 0 Å². The first-order valence-electron chi connectivity index (χ1n) is 5.08. The van der Waals surface area contributed by atoms with Crippen LogP contribution in [0.15, 0.2) is 30.3 Å². The van der Waals surface area contributed by atoms with Crippen molar-refractivity contribution in [2.24, 2.45) is 0 Å². The molecule has 2 aromatic carbocycles. The Kier molecular flexibility index (Phi) is 4.26. The zero-order chi connectivity index (χ0) is 14.2. The van der Waals surface area contributed by atoms with Crippen LogP contribution in [0.1, 0.15) is 10.4 Å². The summed E-state index contributed by atoms with van der Waals surface area (Å²) in [7, 11) is 0. The van der Waals surface area contributed by atoms with Crippen LogP contribution in [0, 0.1) is 0 Å². The third-order valence-corrected chi connectivity index (χ3v) is 3.98. The Labute approximate surface area is 129 Å². The molecule has 19 heavy (non-hydrogen) atoms. The Bertz CT molecular complexity index is 668. The molecule has 2 rings (SSSR count). The molecule has 0 aliphatic heterocycles. The van der Waals surface area contributed by atoms with Gasteiger partial charge in [0.1, 0.15) is 0 Å². The second kappa shape index (κ2) is 5.59. The van der Waals surface area contributed by atoms with Crippen molar-refractivity contribution < 1.29 is 9.90 Å². The lowest BCUT2D eigenvalue weighted by atomic mass is 10.0. The minimum absolute atomic E-state index is 0.0894. The lowest BCUT2D eigenvalue weighted by Gasteiger charge is -2.11. The molecule has 98 valence electrons. The van der Waals surface area contributed by atoms with Crippen molar-refractivity contribution in [1.29, 1.82) is 0 Å². The van der Waals surface area contributed by atoms with Crippen molar-refractivity contribution in [1.82, 2.24) is 0 Å². The average molecular weight is 336 g/mol. The third-order valence-electron chi connectivity index (χ3n) is 2.53. The summed E-state index contributed by atoms with van der Waals surface area (Å²) in [5.41, 5.74) is 0.939. The Hall–Kier alpha value is -0.930. The maximum absolute atomic E-state index is 11.0. The van der Waals surface area contributed by atoms with E-state index < -0.39 is 5.97 Å². The van der Waals surface area contributed by atoms with Crippen molar-refractivity contribution in [3.63, 3.8) is 0 Å². The quantitative estimate of drug-likeness (QED) is 0.718. The molecule has 1 N–H and O–H groups in total. The molecule has 0 aliphatic rings. The monoisotopic (exact) mass is 334 g/mol. The lowest BCUT2D eigenvalue weighted by molar-refractivity contribution is 0.0697. The van der Waals surface area contributed by atoms with Crippen LogP contribution in [-0.2, 0) is 0 Å². The molecular weight excluding hydrogens is 330 g/mol. The zero-order valence-electron chi connectivity index (χ0n) is 9.25. The summed E-state index contributed by atoms with van der Waals surface area (Å²) < 4.78 is 0. The van der Waals surface area contributed by atoms with Crippen LogP contribution in [0.3, 0.4) is 0 Å². The van der Waals surface area contributed by atoms with Crippen LogP contribution in [0.4, 0.5) is 0 Å². The minimum Gasteiger partial charge on any atom is -0.478 e. The van der Waals surface area contributed by atoms with Crippen LogP contribution < -0.4 is 0 Å². The predicted molar refractivity (Wildman–Crippen MR) is 78.9 cm³/mol. The van der Waals surface area contributed by atoms with Gasteiger partial charge in [-0.1, -0.05) is 46.4 Å². The number of carboxylic acid groups (broad SMARTS) is 1. The fraction of sp³-hybridized carbons (Fsp3) is 0. The van der Waals surface area contributed by atoms with Crippen LogP contribution >= 0.6 is 46.4 Å². The van der Waals surface area contributed by atoms with Crippen LogP contribution in [0.25, 0.3) is 11.1 Å². The van der Waals surface area contributed by atoms with Gasteiger partial charge in [0, 0.05) is 16.1 Å². The summed E-state index contributed by atoms with van der Waals surface area (Å²) in [5.74, 6) is -1.06. The number of rotatable bonds is 2. The van der Waals surface area contributed by atoms with Gasteiger partial charge in [0.2, 0.25) is 0 Å². The Balaban J connectivity index is 2.75. The van der Waals surface area contributed by atoms with E-state index in [-0.39, 0.29) is 10.6 Å². The average Bonchev–Trinajstić information content (AvgIpc) is 2.36. The number of carboxylic acids is 1. The van der Waals surface area contributed by atoms with Gasteiger partial charge in [-0.05, 0) is 30.3 Å². The Morgan fingerprint density at radius 1 is 0.895 bits per heavy atom. The van der Waals surface area contributed by atoms with E-state index in [9.17, 15) is 4.79 Å². The van der Waals surface area contributed by atoms with Gasteiger partial charge in [0.05, 0.1) is 20.6 Å². The lowest BCUT2D eigenvalue weighted by Crippen LogP contribution is -1.97. The Morgan fingerprint density at radius 2 is 1.47 bits per heavy atom. The van der Waals surface area contributed by atoms with Crippen LogP contribution in [-0.4, -0.2) is 11.1 Å². The second-order valence-corrected chi connectivity index (χ2v) is 5.32. The standard InChI is InChI=1S/C13H6Cl4O2/c14-8-2-1-6(13(18)19)5-7(8)11-9(15)3-4-10(16)12(11)17/h1-5H,(H,18,19). The van der Waals surface area contributed by atoms with Gasteiger partial charge in [-0.3, -0.25) is 0 Å². The highest BCUT2D eigenvalue weighted by molar-refractivity contribution is 6.46. The summed E-state index contributed by atoms with van der Waals surface area (Å²) in [6, 6.07) is 7.43. The fourth-order valence-electron chi connectivity index (χ4n) is 1.62. The first-order valence-corrected chi connectivity index (χ1v) is 6.59. The molecule has 0 saturated heterocycles. The summed E-state index contributed by atoms with van der Waals surface area (Å²) in [4.78, 5) is 11.0. The molecule has 0 unspecified atom stereocenters. The molecule has 0 aliphatic carbocycles. The van der Waals surface area contributed by atoms with E-state index in [1.807, 2.05) is 0 Å². The van der Waals surface area contributed by atoms with Gasteiger partial charge in [-0.15, -0.1) is 0 Å². The third kappa shape index (κ3) is 2.82. The zero-order valence-corrected chi connectivity index (χ0v) is 12.3. The smallest absolute Gasteiger partial charge is 0.335 e. The van der Waals surface area contributed by atoms with E-state index in [2.05, 4.69) is 0 Å². The fourth-order valence-corrected chi connectivity index (χ4v) is 2.57. The molecule has 0 spiro atoms. The summed E-state index contributed by atoms with van der Waals surface area (Å²) in [5, 5.41) is 10.2. The molecular formula is C13H6Cl4O2. The highest BCUT2D eigenvalue weighted by atomic mass is 35.5.